The molecule has 0 radical (unpaired) electrons. The molecule has 1 unspecified atom stereocenters. The van der Waals surface area contributed by atoms with Crippen molar-refractivity contribution in [2.45, 2.75) is 19.9 Å². The summed E-state index contributed by atoms with van der Waals surface area (Å²) in [7, 11) is 0. The van der Waals surface area contributed by atoms with Crippen LogP contribution >= 0.6 is 11.3 Å². The summed E-state index contributed by atoms with van der Waals surface area (Å²) < 4.78 is 1.17. The Morgan fingerprint density at radius 2 is 2.00 bits per heavy atom. The van der Waals surface area contributed by atoms with Gasteiger partial charge in [0.15, 0.2) is 5.13 Å². The number of hydrogen-bond acceptors (Lipinski definition) is 4. The third kappa shape index (κ3) is 3.26. The molecular weight excluding hydrogens is 294 g/mol. The number of aromatic nitrogens is 1. The largest absolute Gasteiger partial charge is 0.355 e. The van der Waals surface area contributed by atoms with Gasteiger partial charge in [0, 0.05) is 12.6 Å². The number of hydrogen-bond donors (Lipinski definition) is 2. The Balaban J connectivity index is 1.78. The Morgan fingerprint density at radius 1 is 1.18 bits per heavy atom. The topological polar surface area (TPSA) is 54.0 Å². The lowest BCUT2D eigenvalue weighted by molar-refractivity contribution is -0.114. The molecule has 0 spiro atoms. The standard InChI is InChI=1S/C17H17N3OS/c1-11(13-6-5-7-14(10-13)19-12(2)21)18-17-20-15-8-3-4-9-16(15)22-17/h3-11H,1-2H3,(H,18,20)(H,19,21). The Hall–Kier alpha value is -2.40. The van der Waals surface area contributed by atoms with Crippen molar-refractivity contribution in [3.63, 3.8) is 0 Å². The van der Waals surface area contributed by atoms with Gasteiger partial charge in [-0.05, 0) is 36.8 Å². The molecule has 1 aromatic heterocycles. The summed E-state index contributed by atoms with van der Waals surface area (Å²) in [5.74, 6) is -0.0658. The van der Waals surface area contributed by atoms with Gasteiger partial charge in [0.1, 0.15) is 0 Å². The fourth-order valence-electron chi connectivity index (χ4n) is 2.29. The summed E-state index contributed by atoms with van der Waals surface area (Å²) in [6.45, 7) is 3.59. The molecule has 0 aliphatic carbocycles. The van der Waals surface area contributed by atoms with E-state index in [-0.39, 0.29) is 11.9 Å². The second-order valence-electron chi connectivity index (χ2n) is 5.16. The highest BCUT2D eigenvalue weighted by atomic mass is 32.1. The molecule has 1 heterocycles. The summed E-state index contributed by atoms with van der Waals surface area (Å²) in [4.78, 5) is 15.7. The maximum Gasteiger partial charge on any atom is 0.221 e. The van der Waals surface area contributed by atoms with Crippen molar-refractivity contribution < 1.29 is 4.79 Å². The minimum atomic E-state index is -0.0658. The van der Waals surface area contributed by atoms with Gasteiger partial charge in [0.25, 0.3) is 0 Å². The average Bonchev–Trinajstić information content (AvgIpc) is 2.89. The first kappa shape index (κ1) is 14.5. The molecule has 1 amide bonds. The van der Waals surface area contributed by atoms with Crippen LogP contribution in [0.2, 0.25) is 0 Å². The summed E-state index contributed by atoms with van der Waals surface area (Å²) in [5, 5.41) is 7.13. The van der Waals surface area contributed by atoms with Crippen LogP contribution < -0.4 is 10.6 Å². The Labute approximate surface area is 133 Å². The van der Waals surface area contributed by atoms with E-state index in [1.165, 1.54) is 11.6 Å². The number of anilines is 2. The molecular formula is C17H17N3OS. The van der Waals surface area contributed by atoms with E-state index in [4.69, 9.17) is 0 Å². The minimum Gasteiger partial charge on any atom is -0.355 e. The molecule has 3 rings (SSSR count). The highest BCUT2D eigenvalue weighted by molar-refractivity contribution is 7.22. The number of benzene rings is 2. The molecule has 2 aromatic carbocycles. The lowest BCUT2D eigenvalue weighted by Crippen LogP contribution is -2.09. The van der Waals surface area contributed by atoms with Crippen LogP contribution in [0.15, 0.2) is 48.5 Å². The highest BCUT2D eigenvalue weighted by Gasteiger charge is 2.09. The predicted octanol–water partition coefficient (Wildman–Crippen LogP) is 4.43. The third-order valence-electron chi connectivity index (χ3n) is 3.34. The lowest BCUT2D eigenvalue weighted by Gasteiger charge is -2.14. The van der Waals surface area contributed by atoms with Crippen molar-refractivity contribution in [1.82, 2.24) is 4.98 Å². The Bertz CT molecular complexity index is 779. The normalized spacial score (nSPS) is 12.1. The van der Waals surface area contributed by atoms with Crippen LogP contribution in [0.25, 0.3) is 10.2 Å². The number of fused-ring (bicyclic) bond motifs is 1. The van der Waals surface area contributed by atoms with Crippen LogP contribution in [0.5, 0.6) is 0 Å². The van der Waals surface area contributed by atoms with E-state index in [2.05, 4.69) is 28.6 Å². The molecule has 0 aliphatic heterocycles. The number of nitrogens with zero attached hydrogens (tertiary/aromatic N) is 1. The second-order valence-corrected chi connectivity index (χ2v) is 6.19. The number of para-hydroxylation sites is 1. The number of carbonyl (C=O) groups is 1. The molecule has 1 atom stereocenters. The number of amides is 1. The van der Waals surface area contributed by atoms with Gasteiger partial charge in [-0.25, -0.2) is 4.98 Å². The number of thiazole rings is 1. The van der Waals surface area contributed by atoms with Gasteiger partial charge in [-0.2, -0.15) is 0 Å². The molecule has 0 aliphatic rings. The van der Waals surface area contributed by atoms with E-state index in [0.717, 1.165) is 21.9 Å². The van der Waals surface area contributed by atoms with E-state index in [9.17, 15) is 4.79 Å². The molecule has 2 N–H and O–H groups in total. The second kappa shape index (κ2) is 6.15. The van der Waals surface area contributed by atoms with Gasteiger partial charge >= 0.3 is 0 Å². The molecule has 0 fully saturated rings. The highest BCUT2D eigenvalue weighted by Crippen LogP contribution is 2.29. The SMILES string of the molecule is CC(=O)Nc1cccc(C(C)Nc2nc3ccccc3s2)c1. The van der Waals surface area contributed by atoms with Crippen molar-refractivity contribution in [3.8, 4) is 0 Å². The molecule has 0 saturated heterocycles. The Kier molecular flexibility index (Phi) is 4.06. The van der Waals surface area contributed by atoms with Gasteiger partial charge in [-0.3, -0.25) is 4.79 Å². The van der Waals surface area contributed by atoms with E-state index in [1.807, 2.05) is 42.5 Å². The first-order chi connectivity index (χ1) is 10.6. The van der Waals surface area contributed by atoms with Crippen molar-refractivity contribution in [2.24, 2.45) is 0 Å². The first-order valence-corrected chi connectivity index (χ1v) is 7.93. The van der Waals surface area contributed by atoms with Gasteiger partial charge in [0.05, 0.1) is 16.3 Å². The van der Waals surface area contributed by atoms with Gasteiger partial charge in [-0.15, -0.1) is 0 Å². The maximum absolute atomic E-state index is 11.1. The lowest BCUT2D eigenvalue weighted by atomic mass is 10.1. The van der Waals surface area contributed by atoms with Crippen molar-refractivity contribution in [1.29, 1.82) is 0 Å². The number of carbonyl (C=O) groups excluding carboxylic acids is 1. The number of nitrogens with one attached hydrogen (secondary N) is 2. The van der Waals surface area contributed by atoms with Crippen LogP contribution in [-0.2, 0) is 4.79 Å². The smallest absolute Gasteiger partial charge is 0.221 e. The molecule has 0 bridgehead atoms. The zero-order valence-corrected chi connectivity index (χ0v) is 13.3. The summed E-state index contributed by atoms with van der Waals surface area (Å²) >= 11 is 1.64. The summed E-state index contributed by atoms with van der Waals surface area (Å²) in [5.41, 5.74) is 2.92. The average molecular weight is 311 g/mol. The van der Waals surface area contributed by atoms with Crippen LogP contribution in [-0.4, -0.2) is 10.9 Å². The maximum atomic E-state index is 11.1. The van der Waals surface area contributed by atoms with Crippen LogP contribution in [0.3, 0.4) is 0 Å². The Morgan fingerprint density at radius 3 is 2.77 bits per heavy atom. The summed E-state index contributed by atoms with van der Waals surface area (Å²) in [6.07, 6.45) is 0. The molecule has 5 heteroatoms. The van der Waals surface area contributed by atoms with E-state index >= 15 is 0 Å². The monoisotopic (exact) mass is 311 g/mol. The first-order valence-electron chi connectivity index (χ1n) is 7.11. The molecule has 4 nitrogen and oxygen atoms in total. The zero-order valence-electron chi connectivity index (χ0n) is 12.5. The van der Waals surface area contributed by atoms with Crippen LogP contribution in [0.4, 0.5) is 10.8 Å². The van der Waals surface area contributed by atoms with Crippen molar-refractivity contribution in [2.75, 3.05) is 10.6 Å². The van der Waals surface area contributed by atoms with E-state index < -0.39 is 0 Å². The quantitative estimate of drug-likeness (QED) is 0.749. The fraction of sp³-hybridized carbons (Fsp3) is 0.176. The molecule has 22 heavy (non-hydrogen) atoms. The fourth-order valence-corrected chi connectivity index (χ4v) is 3.24. The molecule has 3 aromatic rings. The predicted molar refractivity (Wildman–Crippen MR) is 92.4 cm³/mol. The van der Waals surface area contributed by atoms with E-state index in [0.29, 0.717) is 0 Å². The zero-order chi connectivity index (χ0) is 15.5. The molecule has 112 valence electrons. The number of rotatable bonds is 4. The van der Waals surface area contributed by atoms with Gasteiger partial charge in [0.2, 0.25) is 5.91 Å². The van der Waals surface area contributed by atoms with Gasteiger partial charge in [-0.1, -0.05) is 35.6 Å². The third-order valence-corrected chi connectivity index (χ3v) is 4.31. The van der Waals surface area contributed by atoms with E-state index in [1.54, 1.807) is 11.3 Å². The van der Waals surface area contributed by atoms with Crippen molar-refractivity contribution >= 4 is 38.3 Å². The van der Waals surface area contributed by atoms with Crippen LogP contribution in [0, 0.1) is 0 Å². The van der Waals surface area contributed by atoms with Gasteiger partial charge < -0.3 is 10.6 Å². The summed E-state index contributed by atoms with van der Waals surface area (Å²) in [6, 6.07) is 16.0. The van der Waals surface area contributed by atoms with Crippen molar-refractivity contribution in [3.05, 3.63) is 54.1 Å². The van der Waals surface area contributed by atoms with Crippen LogP contribution in [0.1, 0.15) is 25.5 Å². The molecule has 0 saturated carbocycles. The minimum absolute atomic E-state index is 0.0658.